The van der Waals surface area contributed by atoms with Crippen LogP contribution < -0.4 is 0 Å². The van der Waals surface area contributed by atoms with Crippen molar-refractivity contribution in [3.05, 3.63) is 54.1 Å². The van der Waals surface area contributed by atoms with Gasteiger partial charge in [0.25, 0.3) is 0 Å². The zero-order valence-corrected chi connectivity index (χ0v) is 14.1. The molecular formula is C18H21NOSi. The Kier molecular flexibility index (Phi) is 4.31. The van der Waals surface area contributed by atoms with E-state index >= 15 is 0 Å². The van der Waals surface area contributed by atoms with Gasteiger partial charge in [-0.2, -0.15) is 5.26 Å². The molecular weight excluding hydrogens is 274 g/mol. The first-order valence-electron chi connectivity index (χ1n) is 7.11. The van der Waals surface area contributed by atoms with E-state index in [1.807, 2.05) is 37.3 Å². The highest BCUT2D eigenvalue weighted by Gasteiger charge is 2.29. The van der Waals surface area contributed by atoms with Crippen molar-refractivity contribution in [2.45, 2.75) is 32.2 Å². The molecule has 1 atom stereocenters. The molecule has 0 aliphatic rings. The molecule has 0 aliphatic heterocycles. The second kappa shape index (κ2) is 5.85. The number of nitriles is 1. The van der Waals surface area contributed by atoms with Gasteiger partial charge in [-0.1, -0.05) is 48.5 Å². The minimum absolute atomic E-state index is 0.874. The standard InChI is InChI=1S/C18H21NOSi/c1-18(14-19,20-21(2,3)4)13-12-16-10-7-9-15-8-5-6-11-17(15)16/h5-13H,1-4H3/b13-12+/t18-/m0/s1. The monoisotopic (exact) mass is 295 g/mol. The summed E-state index contributed by atoms with van der Waals surface area (Å²) in [6.45, 7) is 8.10. The molecule has 3 heteroatoms. The Morgan fingerprint density at radius 3 is 2.43 bits per heavy atom. The van der Waals surface area contributed by atoms with Crippen molar-refractivity contribution in [2.24, 2.45) is 0 Å². The molecule has 0 unspecified atom stereocenters. The average Bonchev–Trinajstić information content (AvgIpc) is 2.43. The van der Waals surface area contributed by atoms with Crippen LogP contribution in [0.1, 0.15) is 12.5 Å². The van der Waals surface area contributed by atoms with Gasteiger partial charge >= 0.3 is 0 Å². The number of hydrogen-bond donors (Lipinski definition) is 0. The summed E-state index contributed by atoms with van der Waals surface area (Å²) in [6.07, 6.45) is 3.86. The van der Waals surface area contributed by atoms with Gasteiger partial charge in [0.1, 0.15) is 6.07 Å². The van der Waals surface area contributed by atoms with E-state index in [1.54, 1.807) is 0 Å². The van der Waals surface area contributed by atoms with Gasteiger partial charge in [-0.05, 0) is 49.0 Å². The summed E-state index contributed by atoms with van der Waals surface area (Å²) in [5.41, 5.74) is 0.232. The summed E-state index contributed by atoms with van der Waals surface area (Å²) in [5, 5.41) is 11.8. The second-order valence-electron chi connectivity index (χ2n) is 6.33. The summed E-state index contributed by atoms with van der Waals surface area (Å²) >= 11 is 0. The van der Waals surface area contributed by atoms with E-state index in [0.717, 1.165) is 5.56 Å². The van der Waals surface area contributed by atoms with Gasteiger partial charge in [0.2, 0.25) is 0 Å². The van der Waals surface area contributed by atoms with Crippen molar-refractivity contribution >= 4 is 25.2 Å². The van der Waals surface area contributed by atoms with Crippen LogP contribution in [0.4, 0.5) is 0 Å². The average molecular weight is 295 g/mol. The van der Waals surface area contributed by atoms with Crippen LogP contribution in [0.3, 0.4) is 0 Å². The lowest BCUT2D eigenvalue weighted by atomic mass is 10.0. The quantitative estimate of drug-likeness (QED) is 0.745. The lowest BCUT2D eigenvalue weighted by molar-refractivity contribution is 0.193. The van der Waals surface area contributed by atoms with Crippen LogP contribution in [-0.4, -0.2) is 13.9 Å². The fourth-order valence-electron chi connectivity index (χ4n) is 2.37. The van der Waals surface area contributed by atoms with Crippen LogP contribution in [0.5, 0.6) is 0 Å². The van der Waals surface area contributed by atoms with Crippen molar-refractivity contribution in [1.82, 2.24) is 0 Å². The highest BCUT2D eigenvalue weighted by Crippen LogP contribution is 2.23. The van der Waals surface area contributed by atoms with Gasteiger partial charge in [-0.15, -0.1) is 0 Å². The zero-order valence-electron chi connectivity index (χ0n) is 13.1. The first kappa shape index (κ1) is 15.5. The van der Waals surface area contributed by atoms with Crippen molar-refractivity contribution in [3.8, 4) is 6.07 Å². The van der Waals surface area contributed by atoms with Gasteiger partial charge < -0.3 is 4.43 Å². The van der Waals surface area contributed by atoms with Crippen LogP contribution in [0.25, 0.3) is 16.8 Å². The van der Waals surface area contributed by atoms with E-state index in [0.29, 0.717) is 0 Å². The summed E-state index contributed by atoms with van der Waals surface area (Å²) in [4.78, 5) is 0. The molecule has 2 rings (SSSR count). The number of benzene rings is 2. The van der Waals surface area contributed by atoms with Crippen LogP contribution in [-0.2, 0) is 4.43 Å². The van der Waals surface area contributed by atoms with E-state index in [9.17, 15) is 5.26 Å². The van der Waals surface area contributed by atoms with Crippen molar-refractivity contribution < 1.29 is 4.43 Å². The molecule has 2 nitrogen and oxygen atoms in total. The van der Waals surface area contributed by atoms with Gasteiger partial charge in [0, 0.05) is 0 Å². The van der Waals surface area contributed by atoms with Crippen molar-refractivity contribution in [2.75, 3.05) is 0 Å². The Labute approximate surface area is 127 Å². The molecule has 0 saturated carbocycles. The lowest BCUT2D eigenvalue weighted by Gasteiger charge is -2.27. The van der Waals surface area contributed by atoms with Crippen LogP contribution in [0.2, 0.25) is 19.6 Å². The summed E-state index contributed by atoms with van der Waals surface area (Å²) in [6, 6.07) is 16.7. The van der Waals surface area contributed by atoms with Gasteiger partial charge in [0.15, 0.2) is 13.9 Å². The van der Waals surface area contributed by atoms with E-state index < -0.39 is 13.9 Å². The summed E-state index contributed by atoms with van der Waals surface area (Å²) in [7, 11) is -1.78. The van der Waals surface area contributed by atoms with E-state index in [4.69, 9.17) is 4.43 Å². The third-order valence-corrected chi connectivity index (χ3v) is 4.18. The summed E-state index contributed by atoms with van der Waals surface area (Å²) in [5.74, 6) is 0. The Balaban J connectivity index is 2.37. The van der Waals surface area contributed by atoms with Gasteiger partial charge in [-0.25, -0.2) is 0 Å². The van der Waals surface area contributed by atoms with E-state index in [2.05, 4.69) is 50.0 Å². The lowest BCUT2D eigenvalue weighted by Crippen LogP contribution is -2.38. The highest BCUT2D eigenvalue weighted by atomic mass is 28.4. The Bertz CT molecular complexity index is 704. The topological polar surface area (TPSA) is 33.0 Å². The molecule has 0 aromatic heterocycles. The molecule has 108 valence electrons. The van der Waals surface area contributed by atoms with Crippen molar-refractivity contribution in [1.29, 1.82) is 5.26 Å². The van der Waals surface area contributed by atoms with Gasteiger partial charge in [0.05, 0.1) is 0 Å². The molecule has 2 aromatic rings. The van der Waals surface area contributed by atoms with Crippen LogP contribution >= 0.6 is 0 Å². The first-order valence-corrected chi connectivity index (χ1v) is 10.5. The smallest absolute Gasteiger partial charge is 0.186 e. The predicted molar refractivity (Wildman–Crippen MR) is 91.4 cm³/mol. The normalized spacial score (nSPS) is 15.0. The molecule has 0 saturated heterocycles. The Morgan fingerprint density at radius 2 is 1.76 bits per heavy atom. The number of rotatable bonds is 4. The molecule has 0 amide bonds. The minimum atomic E-state index is -1.78. The maximum Gasteiger partial charge on any atom is 0.186 e. The molecule has 0 aliphatic carbocycles. The molecule has 0 bridgehead atoms. The first-order chi connectivity index (χ1) is 9.83. The predicted octanol–water partition coefficient (Wildman–Crippen LogP) is 4.99. The number of nitrogens with zero attached hydrogens (tertiary/aromatic N) is 1. The SMILES string of the molecule is C[C@@](C#N)(/C=C/c1cccc2ccccc12)O[Si](C)(C)C. The molecule has 0 N–H and O–H groups in total. The largest absolute Gasteiger partial charge is 0.397 e. The number of hydrogen-bond acceptors (Lipinski definition) is 2. The number of fused-ring (bicyclic) bond motifs is 1. The fourth-order valence-corrected chi connectivity index (χ4v) is 3.76. The molecule has 0 radical (unpaired) electrons. The van der Waals surface area contributed by atoms with Crippen molar-refractivity contribution in [3.63, 3.8) is 0 Å². The Hall–Kier alpha value is -1.89. The highest BCUT2D eigenvalue weighted by molar-refractivity contribution is 6.69. The van der Waals surface area contributed by atoms with Gasteiger partial charge in [-0.3, -0.25) is 0 Å². The van der Waals surface area contributed by atoms with Crippen LogP contribution in [0, 0.1) is 11.3 Å². The maximum absolute atomic E-state index is 9.44. The minimum Gasteiger partial charge on any atom is -0.397 e. The maximum atomic E-state index is 9.44. The molecule has 0 spiro atoms. The molecule has 2 aromatic carbocycles. The third-order valence-electron chi connectivity index (χ3n) is 3.14. The fraction of sp³-hybridized carbons (Fsp3) is 0.278. The second-order valence-corrected chi connectivity index (χ2v) is 10.8. The van der Waals surface area contributed by atoms with E-state index in [1.165, 1.54) is 10.8 Å². The van der Waals surface area contributed by atoms with E-state index in [-0.39, 0.29) is 0 Å². The third kappa shape index (κ3) is 4.04. The molecule has 0 heterocycles. The molecule has 0 fully saturated rings. The molecule has 21 heavy (non-hydrogen) atoms. The summed E-state index contributed by atoms with van der Waals surface area (Å²) < 4.78 is 6.00. The Morgan fingerprint density at radius 1 is 1.10 bits per heavy atom. The van der Waals surface area contributed by atoms with Crippen LogP contribution in [0.15, 0.2) is 48.5 Å². The zero-order chi connectivity index (χ0) is 15.5.